The first kappa shape index (κ1) is 13.6. The Kier molecular flexibility index (Phi) is 6.97. The van der Waals surface area contributed by atoms with E-state index in [-0.39, 0.29) is 0 Å². The Balaban J connectivity index is 2.42. The molecule has 0 amide bonds. The van der Waals surface area contributed by atoms with Crippen LogP contribution in [0.2, 0.25) is 0 Å². The zero-order valence-corrected chi connectivity index (χ0v) is 12.5. The van der Waals surface area contributed by atoms with Gasteiger partial charge in [0.25, 0.3) is 0 Å². The van der Waals surface area contributed by atoms with Gasteiger partial charge in [-0.05, 0) is 53.4 Å². The fourth-order valence-corrected chi connectivity index (χ4v) is 3.58. The number of rotatable bonds is 7. The van der Waals surface area contributed by atoms with E-state index >= 15 is 0 Å². The molecule has 0 aliphatic heterocycles. The van der Waals surface area contributed by atoms with Gasteiger partial charge < -0.3 is 5.32 Å². The van der Waals surface area contributed by atoms with Gasteiger partial charge in [0.1, 0.15) is 0 Å². The molecule has 0 fully saturated rings. The molecule has 0 aliphatic carbocycles. The van der Waals surface area contributed by atoms with Gasteiger partial charge in [-0.2, -0.15) is 11.8 Å². The van der Waals surface area contributed by atoms with Crippen LogP contribution in [-0.4, -0.2) is 24.6 Å². The third-order valence-corrected chi connectivity index (χ3v) is 4.60. The molecule has 4 heteroatoms. The lowest BCUT2D eigenvalue weighted by molar-refractivity contribution is 0.516. The number of hydrogen-bond acceptors (Lipinski definition) is 3. The van der Waals surface area contributed by atoms with E-state index < -0.39 is 0 Å². The van der Waals surface area contributed by atoms with Gasteiger partial charge in [0.15, 0.2) is 0 Å². The summed E-state index contributed by atoms with van der Waals surface area (Å²) in [5.74, 6) is 1.24. The third-order valence-electron chi connectivity index (χ3n) is 2.23. The van der Waals surface area contributed by atoms with Crippen LogP contribution >= 0.6 is 39.0 Å². The summed E-state index contributed by atoms with van der Waals surface area (Å²) in [6, 6.07) is 2.86. The van der Waals surface area contributed by atoms with Crippen molar-refractivity contribution in [3.8, 4) is 0 Å². The lowest BCUT2D eigenvalue weighted by Crippen LogP contribution is -2.31. The summed E-state index contributed by atoms with van der Waals surface area (Å²) in [6.45, 7) is 3.24. The summed E-state index contributed by atoms with van der Waals surface area (Å²) in [5, 5.41) is 5.71. The van der Waals surface area contributed by atoms with Crippen molar-refractivity contribution in [2.45, 2.75) is 25.8 Å². The molecule has 86 valence electrons. The Labute approximate surface area is 109 Å². The van der Waals surface area contributed by atoms with Crippen molar-refractivity contribution in [1.82, 2.24) is 5.32 Å². The quantitative estimate of drug-likeness (QED) is 0.822. The molecule has 1 atom stereocenters. The van der Waals surface area contributed by atoms with Crippen molar-refractivity contribution in [3.05, 3.63) is 20.8 Å². The van der Waals surface area contributed by atoms with Crippen LogP contribution in [0.25, 0.3) is 0 Å². The highest BCUT2D eigenvalue weighted by atomic mass is 79.9. The predicted octanol–water partition coefficient (Wildman–Crippen LogP) is 3.78. The van der Waals surface area contributed by atoms with E-state index in [2.05, 4.69) is 45.9 Å². The van der Waals surface area contributed by atoms with Crippen molar-refractivity contribution in [2.24, 2.45) is 0 Å². The Bertz CT molecular complexity index is 275. The van der Waals surface area contributed by atoms with Crippen LogP contribution in [0, 0.1) is 0 Å². The average Bonchev–Trinajstić information content (AvgIpc) is 2.61. The van der Waals surface area contributed by atoms with Crippen LogP contribution in [-0.2, 0) is 6.42 Å². The normalized spacial score (nSPS) is 13.0. The first-order chi connectivity index (χ1) is 7.26. The Morgan fingerprint density at radius 1 is 1.60 bits per heavy atom. The van der Waals surface area contributed by atoms with E-state index in [1.807, 2.05) is 23.1 Å². The van der Waals surface area contributed by atoms with Crippen LogP contribution in [0.4, 0.5) is 0 Å². The Morgan fingerprint density at radius 3 is 2.93 bits per heavy atom. The maximum Gasteiger partial charge on any atom is 0.0285 e. The van der Waals surface area contributed by atoms with Crippen molar-refractivity contribution in [2.75, 3.05) is 18.6 Å². The van der Waals surface area contributed by atoms with Gasteiger partial charge in [-0.25, -0.2) is 0 Å². The summed E-state index contributed by atoms with van der Waals surface area (Å²) >= 11 is 7.27. The van der Waals surface area contributed by atoms with E-state index in [0.717, 1.165) is 13.0 Å². The van der Waals surface area contributed by atoms with Gasteiger partial charge in [-0.1, -0.05) is 6.92 Å². The van der Waals surface area contributed by atoms with Gasteiger partial charge in [-0.15, -0.1) is 11.3 Å². The van der Waals surface area contributed by atoms with Gasteiger partial charge in [0.2, 0.25) is 0 Å². The number of thioether (sulfide) groups is 1. The molecule has 0 bridgehead atoms. The molecule has 1 nitrogen and oxygen atoms in total. The summed E-state index contributed by atoms with van der Waals surface area (Å²) in [6.07, 6.45) is 4.58. The minimum absolute atomic E-state index is 0.632. The number of nitrogens with one attached hydrogen (secondary N) is 1. The predicted molar refractivity (Wildman–Crippen MR) is 76.2 cm³/mol. The summed E-state index contributed by atoms with van der Waals surface area (Å²) in [5.41, 5.74) is 0. The van der Waals surface area contributed by atoms with Crippen LogP contribution in [0.15, 0.2) is 15.9 Å². The molecule has 0 saturated heterocycles. The minimum atomic E-state index is 0.632. The summed E-state index contributed by atoms with van der Waals surface area (Å²) in [4.78, 5) is 1.47. The third kappa shape index (κ3) is 5.38. The minimum Gasteiger partial charge on any atom is -0.314 e. The van der Waals surface area contributed by atoms with Crippen LogP contribution < -0.4 is 5.32 Å². The van der Waals surface area contributed by atoms with Crippen molar-refractivity contribution >= 4 is 39.0 Å². The highest BCUT2D eigenvalue weighted by molar-refractivity contribution is 9.10. The molecular formula is C11H18BrNS2. The fraction of sp³-hybridized carbons (Fsp3) is 0.636. The average molecular weight is 308 g/mol. The Morgan fingerprint density at radius 2 is 2.40 bits per heavy atom. The van der Waals surface area contributed by atoms with Gasteiger partial charge in [-0.3, -0.25) is 0 Å². The van der Waals surface area contributed by atoms with Crippen LogP contribution in [0.3, 0.4) is 0 Å². The Hall–Kier alpha value is 0.490. The second-order valence-electron chi connectivity index (χ2n) is 3.47. The van der Waals surface area contributed by atoms with Gasteiger partial charge >= 0.3 is 0 Å². The molecule has 0 saturated carbocycles. The van der Waals surface area contributed by atoms with E-state index in [9.17, 15) is 0 Å². The molecule has 0 aromatic carbocycles. The van der Waals surface area contributed by atoms with E-state index in [4.69, 9.17) is 0 Å². The topological polar surface area (TPSA) is 12.0 Å². The zero-order chi connectivity index (χ0) is 11.1. The smallest absolute Gasteiger partial charge is 0.0285 e. The first-order valence-electron chi connectivity index (χ1n) is 5.21. The van der Waals surface area contributed by atoms with Crippen molar-refractivity contribution in [1.29, 1.82) is 0 Å². The highest BCUT2D eigenvalue weighted by Gasteiger charge is 2.09. The highest BCUT2D eigenvalue weighted by Crippen LogP contribution is 2.21. The number of likely N-dealkylation sites (N-methyl/N-ethyl adjacent to an activating group) is 1. The van der Waals surface area contributed by atoms with Gasteiger partial charge in [0.05, 0.1) is 0 Å². The van der Waals surface area contributed by atoms with Gasteiger partial charge in [0, 0.05) is 20.8 Å². The molecule has 1 aromatic heterocycles. The van der Waals surface area contributed by atoms with Crippen LogP contribution in [0.1, 0.15) is 18.2 Å². The van der Waals surface area contributed by atoms with E-state index in [1.54, 1.807) is 0 Å². The van der Waals surface area contributed by atoms with E-state index in [0.29, 0.717) is 6.04 Å². The largest absolute Gasteiger partial charge is 0.314 e. The van der Waals surface area contributed by atoms with Crippen molar-refractivity contribution in [3.63, 3.8) is 0 Å². The second kappa shape index (κ2) is 7.71. The molecule has 1 N–H and O–H groups in total. The summed E-state index contributed by atoms with van der Waals surface area (Å²) < 4.78 is 1.21. The first-order valence-corrected chi connectivity index (χ1v) is 8.28. The molecule has 0 aliphatic rings. The zero-order valence-electron chi connectivity index (χ0n) is 9.25. The molecule has 1 rings (SSSR count). The molecule has 1 aromatic rings. The molecule has 0 spiro atoms. The fourth-order valence-electron chi connectivity index (χ4n) is 1.53. The molecule has 15 heavy (non-hydrogen) atoms. The molecule has 0 radical (unpaired) electrons. The standard InChI is InChI=1S/C11H18BrNS2/c1-3-13-10(4-5-14-2)7-11-6-9(12)8-15-11/h6,8,10,13H,3-5,7H2,1-2H3. The maximum atomic E-state index is 3.55. The van der Waals surface area contributed by atoms with E-state index in [1.165, 1.54) is 21.5 Å². The maximum absolute atomic E-state index is 3.55. The van der Waals surface area contributed by atoms with Crippen molar-refractivity contribution < 1.29 is 0 Å². The molecule has 1 unspecified atom stereocenters. The number of hydrogen-bond donors (Lipinski definition) is 1. The molecule has 1 heterocycles. The summed E-state index contributed by atoms with van der Waals surface area (Å²) in [7, 11) is 0. The SMILES string of the molecule is CCNC(CCSC)Cc1cc(Br)cs1. The second-order valence-corrected chi connectivity index (χ2v) is 6.37. The van der Waals surface area contributed by atoms with Crippen LogP contribution in [0.5, 0.6) is 0 Å². The lowest BCUT2D eigenvalue weighted by atomic mass is 10.1. The lowest BCUT2D eigenvalue weighted by Gasteiger charge is -2.16. The monoisotopic (exact) mass is 307 g/mol. The molecular weight excluding hydrogens is 290 g/mol. The number of thiophene rings is 1. The number of halogens is 1.